The molecule has 1 saturated carbocycles. The highest BCUT2D eigenvalue weighted by atomic mass is 19.1. The first-order valence-electron chi connectivity index (χ1n) is 6.91. The van der Waals surface area contributed by atoms with Crippen LogP contribution in [0.25, 0.3) is 0 Å². The molecule has 110 valence electrons. The van der Waals surface area contributed by atoms with Crippen molar-refractivity contribution < 1.29 is 13.9 Å². The quantitative estimate of drug-likeness (QED) is 0.923. The number of hydrogen-bond acceptors (Lipinski definition) is 3. The van der Waals surface area contributed by atoms with Gasteiger partial charge in [-0.25, -0.2) is 4.39 Å². The van der Waals surface area contributed by atoms with Crippen LogP contribution >= 0.6 is 0 Å². The standard InChI is InChI=1S/C15H21FN2O2/c1-18(14-6-4-3-5-13(14)17)15(19)11-8-7-10(20-2)9-12(11)16/h7-9,13-14H,3-6,17H2,1-2H3. The maximum Gasteiger partial charge on any atom is 0.256 e. The fraction of sp³-hybridized carbons (Fsp3) is 0.533. The van der Waals surface area contributed by atoms with Gasteiger partial charge in [-0.1, -0.05) is 12.8 Å². The molecular weight excluding hydrogens is 259 g/mol. The molecule has 1 aromatic rings. The van der Waals surface area contributed by atoms with Crippen LogP contribution in [0.1, 0.15) is 36.0 Å². The van der Waals surface area contributed by atoms with Gasteiger partial charge in [-0.15, -0.1) is 0 Å². The molecule has 1 fully saturated rings. The lowest BCUT2D eigenvalue weighted by molar-refractivity contribution is 0.0667. The summed E-state index contributed by atoms with van der Waals surface area (Å²) in [5, 5.41) is 0. The van der Waals surface area contributed by atoms with E-state index in [2.05, 4.69) is 0 Å². The molecule has 5 heteroatoms. The zero-order valence-corrected chi connectivity index (χ0v) is 11.9. The summed E-state index contributed by atoms with van der Waals surface area (Å²) in [7, 11) is 3.16. The number of hydrogen-bond donors (Lipinski definition) is 1. The minimum Gasteiger partial charge on any atom is -0.497 e. The lowest BCUT2D eigenvalue weighted by atomic mass is 9.90. The average molecular weight is 280 g/mol. The van der Waals surface area contributed by atoms with Crippen LogP contribution in [0.3, 0.4) is 0 Å². The maximum absolute atomic E-state index is 14.0. The van der Waals surface area contributed by atoms with E-state index in [0.717, 1.165) is 25.7 Å². The van der Waals surface area contributed by atoms with Crippen molar-refractivity contribution in [1.82, 2.24) is 4.90 Å². The summed E-state index contributed by atoms with van der Waals surface area (Å²) in [6.45, 7) is 0. The third-order valence-electron chi connectivity index (χ3n) is 4.01. The first-order valence-corrected chi connectivity index (χ1v) is 6.91. The van der Waals surface area contributed by atoms with Gasteiger partial charge in [-0.3, -0.25) is 4.79 Å². The summed E-state index contributed by atoms with van der Waals surface area (Å²) in [6, 6.07) is 4.23. The van der Waals surface area contributed by atoms with Gasteiger partial charge >= 0.3 is 0 Å². The number of carbonyl (C=O) groups is 1. The number of nitrogens with two attached hydrogens (primary N) is 1. The van der Waals surface area contributed by atoms with Gasteiger partial charge in [0.1, 0.15) is 11.6 Å². The van der Waals surface area contributed by atoms with Gasteiger partial charge in [-0.2, -0.15) is 0 Å². The Hall–Kier alpha value is -1.62. The molecule has 1 aliphatic rings. The van der Waals surface area contributed by atoms with E-state index in [0.29, 0.717) is 5.75 Å². The Kier molecular flexibility index (Phi) is 4.60. The minimum atomic E-state index is -0.564. The monoisotopic (exact) mass is 280 g/mol. The van der Waals surface area contributed by atoms with Crippen LogP contribution in [-0.4, -0.2) is 37.0 Å². The van der Waals surface area contributed by atoms with E-state index in [4.69, 9.17) is 10.5 Å². The molecule has 2 rings (SSSR count). The second-order valence-electron chi connectivity index (χ2n) is 5.28. The van der Waals surface area contributed by atoms with Crippen LogP contribution in [0, 0.1) is 5.82 Å². The predicted molar refractivity (Wildman–Crippen MR) is 75.3 cm³/mol. The van der Waals surface area contributed by atoms with Crippen LogP contribution < -0.4 is 10.5 Å². The van der Waals surface area contributed by atoms with Crippen LogP contribution in [0.5, 0.6) is 5.75 Å². The van der Waals surface area contributed by atoms with E-state index in [1.807, 2.05) is 0 Å². The molecule has 1 aliphatic carbocycles. The number of carbonyl (C=O) groups excluding carboxylic acids is 1. The topological polar surface area (TPSA) is 55.6 Å². The second kappa shape index (κ2) is 6.22. The Labute approximate surface area is 118 Å². The molecule has 2 unspecified atom stereocenters. The summed E-state index contributed by atoms with van der Waals surface area (Å²) in [6.07, 6.45) is 3.94. The van der Waals surface area contributed by atoms with Crippen molar-refractivity contribution in [3.8, 4) is 5.75 Å². The number of methoxy groups -OCH3 is 1. The number of nitrogens with zero attached hydrogens (tertiary/aromatic N) is 1. The third-order valence-corrected chi connectivity index (χ3v) is 4.01. The number of halogens is 1. The molecule has 0 bridgehead atoms. The van der Waals surface area contributed by atoms with Crippen molar-refractivity contribution in [1.29, 1.82) is 0 Å². The van der Waals surface area contributed by atoms with Crippen molar-refractivity contribution in [2.75, 3.05) is 14.2 Å². The number of amides is 1. The smallest absolute Gasteiger partial charge is 0.256 e. The predicted octanol–water partition coefficient (Wildman–Crippen LogP) is 2.18. The summed E-state index contributed by atoms with van der Waals surface area (Å²) in [5.74, 6) is -0.492. The molecule has 1 aromatic carbocycles. The SMILES string of the molecule is COc1ccc(C(=O)N(C)C2CCCCC2N)c(F)c1. The summed E-state index contributed by atoms with van der Waals surface area (Å²) < 4.78 is 18.9. The molecule has 0 heterocycles. The lowest BCUT2D eigenvalue weighted by Crippen LogP contribution is -2.50. The molecule has 2 N–H and O–H groups in total. The van der Waals surface area contributed by atoms with Crippen LogP contribution in [0.15, 0.2) is 18.2 Å². The molecule has 0 saturated heterocycles. The Bertz CT molecular complexity index is 493. The Balaban J connectivity index is 2.17. The maximum atomic E-state index is 14.0. The largest absolute Gasteiger partial charge is 0.497 e. The zero-order chi connectivity index (χ0) is 14.7. The molecule has 0 spiro atoms. The highest BCUT2D eigenvalue weighted by Gasteiger charge is 2.29. The number of rotatable bonds is 3. The third kappa shape index (κ3) is 2.93. The van der Waals surface area contributed by atoms with Crippen LogP contribution in [0.4, 0.5) is 4.39 Å². The highest BCUT2D eigenvalue weighted by molar-refractivity contribution is 5.94. The molecule has 0 aromatic heterocycles. The van der Waals surface area contributed by atoms with Crippen LogP contribution in [-0.2, 0) is 0 Å². The first kappa shape index (κ1) is 14.8. The Morgan fingerprint density at radius 1 is 1.40 bits per heavy atom. The number of ether oxygens (including phenoxy) is 1. The zero-order valence-electron chi connectivity index (χ0n) is 11.9. The summed E-state index contributed by atoms with van der Waals surface area (Å²) in [5.41, 5.74) is 6.13. The molecule has 20 heavy (non-hydrogen) atoms. The van der Waals surface area contributed by atoms with E-state index in [9.17, 15) is 9.18 Å². The van der Waals surface area contributed by atoms with Crippen molar-refractivity contribution in [3.05, 3.63) is 29.6 Å². The Morgan fingerprint density at radius 3 is 2.70 bits per heavy atom. The first-order chi connectivity index (χ1) is 9.54. The van der Waals surface area contributed by atoms with E-state index < -0.39 is 5.82 Å². The average Bonchev–Trinajstić information content (AvgIpc) is 2.46. The van der Waals surface area contributed by atoms with Crippen molar-refractivity contribution in [2.24, 2.45) is 5.73 Å². The Morgan fingerprint density at radius 2 is 2.10 bits per heavy atom. The van der Waals surface area contributed by atoms with E-state index in [1.54, 1.807) is 18.0 Å². The van der Waals surface area contributed by atoms with Crippen molar-refractivity contribution in [3.63, 3.8) is 0 Å². The highest BCUT2D eigenvalue weighted by Crippen LogP contribution is 2.24. The molecule has 4 nitrogen and oxygen atoms in total. The molecule has 1 amide bonds. The van der Waals surface area contributed by atoms with E-state index in [1.165, 1.54) is 19.2 Å². The van der Waals surface area contributed by atoms with E-state index in [-0.39, 0.29) is 23.6 Å². The van der Waals surface area contributed by atoms with Gasteiger partial charge < -0.3 is 15.4 Å². The summed E-state index contributed by atoms with van der Waals surface area (Å²) >= 11 is 0. The van der Waals surface area contributed by atoms with Crippen molar-refractivity contribution in [2.45, 2.75) is 37.8 Å². The fourth-order valence-electron chi connectivity index (χ4n) is 2.76. The van der Waals surface area contributed by atoms with Gasteiger partial charge in [0, 0.05) is 25.2 Å². The summed E-state index contributed by atoms with van der Waals surface area (Å²) in [4.78, 5) is 14.0. The van der Waals surface area contributed by atoms with Crippen LogP contribution in [0.2, 0.25) is 0 Å². The number of likely N-dealkylation sites (N-methyl/N-ethyl adjacent to an activating group) is 1. The molecule has 0 radical (unpaired) electrons. The fourth-order valence-corrected chi connectivity index (χ4v) is 2.76. The van der Waals surface area contributed by atoms with Gasteiger partial charge in [0.15, 0.2) is 0 Å². The minimum absolute atomic E-state index is 0.0160. The lowest BCUT2D eigenvalue weighted by Gasteiger charge is -2.36. The molecule has 2 atom stereocenters. The van der Waals surface area contributed by atoms with Gasteiger partial charge in [0.2, 0.25) is 0 Å². The molecule has 0 aliphatic heterocycles. The van der Waals surface area contributed by atoms with Crippen molar-refractivity contribution >= 4 is 5.91 Å². The van der Waals surface area contributed by atoms with Gasteiger partial charge in [0.05, 0.1) is 12.7 Å². The van der Waals surface area contributed by atoms with Gasteiger partial charge in [-0.05, 0) is 25.0 Å². The number of benzene rings is 1. The van der Waals surface area contributed by atoms with E-state index >= 15 is 0 Å². The normalized spacial score (nSPS) is 22.4. The second-order valence-corrected chi connectivity index (χ2v) is 5.28. The van der Waals surface area contributed by atoms with Gasteiger partial charge in [0.25, 0.3) is 5.91 Å². The molecular formula is C15H21FN2O2.